The number of nitrogens with zero attached hydrogens (tertiary/aromatic N) is 2. The van der Waals surface area contributed by atoms with Crippen LogP contribution in [0.1, 0.15) is 10.4 Å². The van der Waals surface area contributed by atoms with E-state index in [2.05, 4.69) is 19.9 Å². The van der Waals surface area contributed by atoms with Gasteiger partial charge in [0.2, 0.25) is 0 Å². The predicted octanol–water partition coefficient (Wildman–Crippen LogP) is -1.04. The molecule has 0 atom stereocenters. The number of carbonyl (C=O) groups is 1. The monoisotopic (exact) mass is 314 g/mol. The molecule has 1 aliphatic heterocycles. The lowest BCUT2D eigenvalue weighted by molar-refractivity contribution is 0.0696. The molecular formula is C12H18N4O4S. The van der Waals surface area contributed by atoms with Crippen molar-refractivity contribution in [2.45, 2.75) is 5.03 Å². The number of piperazine rings is 1. The first kappa shape index (κ1) is 15.8. The summed E-state index contributed by atoms with van der Waals surface area (Å²) in [4.78, 5) is 16.5. The zero-order chi connectivity index (χ0) is 15.3. The Balaban J connectivity index is 1.90. The van der Waals surface area contributed by atoms with Gasteiger partial charge in [-0.3, -0.25) is 4.90 Å². The van der Waals surface area contributed by atoms with Crippen molar-refractivity contribution in [1.82, 2.24) is 19.9 Å². The van der Waals surface area contributed by atoms with E-state index in [1.54, 1.807) is 0 Å². The van der Waals surface area contributed by atoms with Gasteiger partial charge in [-0.25, -0.2) is 22.9 Å². The van der Waals surface area contributed by atoms with Crippen LogP contribution in [0.15, 0.2) is 23.4 Å². The van der Waals surface area contributed by atoms with E-state index in [0.717, 1.165) is 32.4 Å². The summed E-state index contributed by atoms with van der Waals surface area (Å²) < 4.78 is 26.5. The Hall–Kier alpha value is -1.55. The molecule has 0 saturated carbocycles. The molecule has 1 aromatic rings. The Labute approximate surface area is 123 Å². The summed E-state index contributed by atoms with van der Waals surface area (Å²) in [5, 5.41) is 11.8. The minimum absolute atomic E-state index is 0.0465. The van der Waals surface area contributed by atoms with E-state index in [-0.39, 0.29) is 10.6 Å². The van der Waals surface area contributed by atoms with Crippen LogP contribution >= 0.6 is 0 Å². The molecule has 1 saturated heterocycles. The lowest BCUT2D eigenvalue weighted by Gasteiger charge is -2.26. The minimum atomic E-state index is -3.70. The Morgan fingerprint density at radius 3 is 2.67 bits per heavy atom. The van der Waals surface area contributed by atoms with Gasteiger partial charge in [-0.05, 0) is 12.1 Å². The molecule has 21 heavy (non-hydrogen) atoms. The molecule has 1 fully saturated rings. The maximum absolute atomic E-state index is 12.0. The van der Waals surface area contributed by atoms with Gasteiger partial charge >= 0.3 is 5.97 Å². The van der Waals surface area contributed by atoms with E-state index in [4.69, 9.17) is 5.11 Å². The molecule has 1 aromatic heterocycles. The largest absolute Gasteiger partial charge is 0.478 e. The van der Waals surface area contributed by atoms with Crippen LogP contribution < -0.4 is 10.0 Å². The summed E-state index contributed by atoms with van der Waals surface area (Å²) in [5.74, 6) is -1.14. The number of rotatable bonds is 6. The summed E-state index contributed by atoms with van der Waals surface area (Å²) >= 11 is 0. The standard InChI is InChI=1S/C12H18N4O4S/c17-12(18)10-1-2-11(14-9-10)21(19,20)15-5-8-16-6-3-13-4-7-16/h1-2,9,13,15H,3-8H2,(H,17,18). The average Bonchev–Trinajstić information content (AvgIpc) is 2.48. The molecule has 116 valence electrons. The minimum Gasteiger partial charge on any atom is -0.478 e. The van der Waals surface area contributed by atoms with Gasteiger partial charge in [-0.15, -0.1) is 0 Å². The van der Waals surface area contributed by atoms with Crippen LogP contribution in [-0.4, -0.2) is 68.6 Å². The summed E-state index contributed by atoms with van der Waals surface area (Å²) in [6, 6.07) is 2.41. The summed E-state index contributed by atoms with van der Waals surface area (Å²) in [5.41, 5.74) is -0.0465. The third-order valence-corrected chi connectivity index (χ3v) is 4.56. The number of carboxylic acids is 1. The highest BCUT2D eigenvalue weighted by Crippen LogP contribution is 2.06. The van der Waals surface area contributed by atoms with Crippen molar-refractivity contribution >= 4 is 16.0 Å². The van der Waals surface area contributed by atoms with Gasteiger partial charge in [0.25, 0.3) is 10.0 Å². The fourth-order valence-corrected chi connectivity index (χ4v) is 2.96. The van der Waals surface area contributed by atoms with Crippen molar-refractivity contribution in [3.8, 4) is 0 Å². The molecule has 0 aromatic carbocycles. The number of hydrogen-bond acceptors (Lipinski definition) is 6. The van der Waals surface area contributed by atoms with Crippen LogP contribution in [0.25, 0.3) is 0 Å². The van der Waals surface area contributed by atoms with Gasteiger partial charge in [-0.2, -0.15) is 0 Å². The first-order chi connectivity index (χ1) is 9.99. The lowest BCUT2D eigenvalue weighted by Crippen LogP contribution is -2.46. The van der Waals surface area contributed by atoms with E-state index < -0.39 is 16.0 Å². The zero-order valence-corrected chi connectivity index (χ0v) is 12.3. The van der Waals surface area contributed by atoms with Gasteiger partial charge in [0.15, 0.2) is 5.03 Å². The maximum atomic E-state index is 12.0. The fourth-order valence-electron chi connectivity index (χ4n) is 2.01. The molecule has 0 unspecified atom stereocenters. The topological polar surface area (TPSA) is 112 Å². The first-order valence-corrected chi connectivity index (χ1v) is 8.09. The second-order valence-electron chi connectivity index (χ2n) is 4.68. The molecule has 1 aliphatic rings. The van der Waals surface area contributed by atoms with Crippen LogP contribution in [-0.2, 0) is 10.0 Å². The number of sulfonamides is 1. The second-order valence-corrected chi connectivity index (χ2v) is 6.39. The van der Waals surface area contributed by atoms with E-state index in [0.29, 0.717) is 13.1 Å². The van der Waals surface area contributed by atoms with Gasteiger partial charge in [0.1, 0.15) is 0 Å². The number of aromatic nitrogens is 1. The molecule has 2 heterocycles. The Bertz CT molecular complexity index is 582. The molecule has 2 rings (SSSR count). The van der Waals surface area contributed by atoms with E-state index >= 15 is 0 Å². The van der Waals surface area contributed by atoms with Crippen LogP contribution in [0.5, 0.6) is 0 Å². The van der Waals surface area contributed by atoms with Crippen molar-refractivity contribution in [1.29, 1.82) is 0 Å². The van der Waals surface area contributed by atoms with Crippen molar-refractivity contribution < 1.29 is 18.3 Å². The summed E-state index contributed by atoms with van der Waals surface area (Å²) in [6.07, 6.45) is 1.03. The first-order valence-electron chi connectivity index (χ1n) is 6.61. The Kier molecular flexibility index (Phi) is 5.23. The molecule has 8 nitrogen and oxygen atoms in total. The molecule has 0 bridgehead atoms. The van der Waals surface area contributed by atoms with Gasteiger partial charge in [0.05, 0.1) is 5.56 Å². The number of pyridine rings is 1. The fraction of sp³-hybridized carbons (Fsp3) is 0.500. The third kappa shape index (κ3) is 4.46. The summed E-state index contributed by atoms with van der Waals surface area (Å²) in [7, 11) is -3.70. The quantitative estimate of drug-likeness (QED) is 0.615. The van der Waals surface area contributed by atoms with Crippen LogP contribution in [0.2, 0.25) is 0 Å². The number of carboxylic acid groups (broad SMARTS) is 1. The molecule has 0 radical (unpaired) electrons. The lowest BCUT2D eigenvalue weighted by atomic mass is 10.3. The zero-order valence-electron chi connectivity index (χ0n) is 11.4. The van der Waals surface area contributed by atoms with Gasteiger partial charge in [0, 0.05) is 45.5 Å². The predicted molar refractivity (Wildman–Crippen MR) is 75.7 cm³/mol. The van der Waals surface area contributed by atoms with Crippen molar-refractivity contribution in [2.24, 2.45) is 0 Å². The average molecular weight is 314 g/mol. The highest BCUT2D eigenvalue weighted by molar-refractivity contribution is 7.89. The normalized spacial score (nSPS) is 16.8. The SMILES string of the molecule is O=C(O)c1ccc(S(=O)(=O)NCCN2CCNCC2)nc1. The van der Waals surface area contributed by atoms with E-state index in [9.17, 15) is 13.2 Å². The highest BCUT2D eigenvalue weighted by Gasteiger charge is 2.17. The number of aromatic carboxylic acids is 1. The number of nitrogens with one attached hydrogen (secondary N) is 2. The van der Waals surface area contributed by atoms with Crippen LogP contribution in [0.3, 0.4) is 0 Å². The highest BCUT2D eigenvalue weighted by atomic mass is 32.2. The van der Waals surface area contributed by atoms with Gasteiger partial charge < -0.3 is 10.4 Å². The molecule has 9 heteroatoms. The second kappa shape index (κ2) is 6.94. The van der Waals surface area contributed by atoms with Crippen LogP contribution in [0.4, 0.5) is 0 Å². The van der Waals surface area contributed by atoms with Crippen molar-refractivity contribution in [3.63, 3.8) is 0 Å². The third-order valence-electron chi connectivity index (χ3n) is 3.19. The van der Waals surface area contributed by atoms with Gasteiger partial charge in [-0.1, -0.05) is 0 Å². The summed E-state index contributed by atoms with van der Waals surface area (Å²) in [6.45, 7) is 4.54. The van der Waals surface area contributed by atoms with E-state index in [1.165, 1.54) is 12.1 Å². The van der Waals surface area contributed by atoms with Crippen molar-refractivity contribution in [3.05, 3.63) is 23.9 Å². The Morgan fingerprint density at radius 2 is 2.10 bits per heavy atom. The molecule has 0 amide bonds. The van der Waals surface area contributed by atoms with Crippen molar-refractivity contribution in [2.75, 3.05) is 39.3 Å². The van der Waals surface area contributed by atoms with E-state index in [1.807, 2.05) is 0 Å². The molecular weight excluding hydrogens is 296 g/mol. The smallest absolute Gasteiger partial charge is 0.337 e. The van der Waals surface area contributed by atoms with Crippen LogP contribution in [0, 0.1) is 0 Å². The molecule has 3 N–H and O–H groups in total. The maximum Gasteiger partial charge on any atom is 0.337 e. The molecule has 0 spiro atoms. The molecule has 0 aliphatic carbocycles. The number of hydrogen-bond donors (Lipinski definition) is 3. The Morgan fingerprint density at radius 1 is 1.38 bits per heavy atom.